The van der Waals surface area contributed by atoms with Gasteiger partial charge < -0.3 is 5.32 Å². The van der Waals surface area contributed by atoms with Crippen LogP contribution in [0, 0.1) is 5.41 Å². The van der Waals surface area contributed by atoms with Crippen molar-refractivity contribution in [1.82, 2.24) is 10.2 Å². The van der Waals surface area contributed by atoms with Gasteiger partial charge in [0.1, 0.15) is 0 Å². The van der Waals surface area contributed by atoms with Crippen LogP contribution in [0.5, 0.6) is 0 Å². The van der Waals surface area contributed by atoms with Crippen molar-refractivity contribution in [3.63, 3.8) is 0 Å². The summed E-state index contributed by atoms with van der Waals surface area (Å²) < 4.78 is 0. The Balaban J connectivity index is 1.79. The topological polar surface area (TPSA) is 15.3 Å². The Hall–Kier alpha value is -0.0800. The number of piperidine rings is 1. The molecule has 2 rings (SSSR count). The minimum absolute atomic E-state index is 0.622. The fourth-order valence-corrected chi connectivity index (χ4v) is 3.12. The molecule has 2 fully saturated rings. The van der Waals surface area contributed by atoms with Crippen molar-refractivity contribution in [3.8, 4) is 0 Å². The van der Waals surface area contributed by atoms with Crippen LogP contribution < -0.4 is 5.32 Å². The van der Waals surface area contributed by atoms with E-state index < -0.39 is 0 Å². The van der Waals surface area contributed by atoms with Crippen LogP contribution in [0.1, 0.15) is 65.7 Å². The van der Waals surface area contributed by atoms with Crippen molar-refractivity contribution in [1.29, 1.82) is 0 Å². The summed E-state index contributed by atoms with van der Waals surface area (Å²) in [6, 6.07) is 1.65. The molecule has 1 saturated heterocycles. The van der Waals surface area contributed by atoms with Gasteiger partial charge in [-0.2, -0.15) is 0 Å². The van der Waals surface area contributed by atoms with E-state index in [1.165, 1.54) is 64.6 Å². The normalized spacial score (nSPS) is 26.2. The third-order valence-corrected chi connectivity index (χ3v) is 5.22. The Morgan fingerprint density at radius 3 is 2.39 bits per heavy atom. The molecule has 106 valence electrons. The Morgan fingerprint density at radius 1 is 1.22 bits per heavy atom. The van der Waals surface area contributed by atoms with Gasteiger partial charge in [-0.05, 0) is 50.6 Å². The smallest absolute Gasteiger partial charge is 0.0220 e. The minimum atomic E-state index is 0.622. The zero-order chi connectivity index (χ0) is 13.0. The van der Waals surface area contributed by atoms with Gasteiger partial charge in [0.2, 0.25) is 0 Å². The van der Waals surface area contributed by atoms with Gasteiger partial charge in [0.05, 0.1) is 0 Å². The Kier molecular flexibility index (Phi) is 5.08. The van der Waals surface area contributed by atoms with Gasteiger partial charge in [0.25, 0.3) is 0 Å². The first-order valence-corrected chi connectivity index (χ1v) is 8.14. The van der Waals surface area contributed by atoms with Crippen molar-refractivity contribution >= 4 is 0 Å². The lowest BCUT2D eigenvalue weighted by atomic mass is 9.78. The molecule has 0 aromatic carbocycles. The van der Waals surface area contributed by atoms with Crippen LogP contribution in [0.4, 0.5) is 0 Å². The van der Waals surface area contributed by atoms with Crippen LogP contribution in [-0.4, -0.2) is 36.6 Å². The summed E-state index contributed by atoms with van der Waals surface area (Å²) in [5.41, 5.74) is 0.622. The van der Waals surface area contributed by atoms with Gasteiger partial charge in [-0.3, -0.25) is 4.90 Å². The van der Waals surface area contributed by atoms with E-state index in [0.717, 1.165) is 12.1 Å². The van der Waals surface area contributed by atoms with Crippen molar-refractivity contribution < 1.29 is 0 Å². The summed E-state index contributed by atoms with van der Waals surface area (Å²) in [5, 5.41) is 3.73. The summed E-state index contributed by atoms with van der Waals surface area (Å²) in [6.45, 7) is 11.0. The van der Waals surface area contributed by atoms with Crippen LogP contribution in [0.3, 0.4) is 0 Å². The van der Waals surface area contributed by atoms with E-state index in [0.29, 0.717) is 5.41 Å². The molecular formula is C16H32N2. The molecule has 1 heterocycles. The zero-order valence-electron chi connectivity index (χ0n) is 12.7. The molecule has 2 aliphatic rings. The molecule has 0 spiro atoms. The SMILES string of the molecule is CCCC(CNC1CC1)N1CCC(C)(CC)CC1. The lowest BCUT2D eigenvalue weighted by molar-refractivity contribution is 0.0762. The summed E-state index contributed by atoms with van der Waals surface area (Å²) in [4.78, 5) is 2.76. The van der Waals surface area contributed by atoms with Gasteiger partial charge in [-0.15, -0.1) is 0 Å². The van der Waals surface area contributed by atoms with E-state index in [1.807, 2.05) is 0 Å². The lowest BCUT2D eigenvalue weighted by Crippen LogP contribution is -2.48. The van der Waals surface area contributed by atoms with Crippen LogP contribution in [0.25, 0.3) is 0 Å². The van der Waals surface area contributed by atoms with Gasteiger partial charge >= 0.3 is 0 Å². The van der Waals surface area contributed by atoms with E-state index in [2.05, 4.69) is 31.0 Å². The average Bonchev–Trinajstić information content (AvgIpc) is 3.20. The molecule has 1 unspecified atom stereocenters. The molecule has 2 heteroatoms. The molecule has 0 aromatic heterocycles. The van der Waals surface area contributed by atoms with Gasteiger partial charge in [0.15, 0.2) is 0 Å². The maximum absolute atomic E-state index is 3.73. The molecule has 18 heavy (non-hydrogen) atoms. The van der Waals surface area contributed by atoms with E-state index in [4.69, 9.17) is 0 Å². The van der Waals surface area contributed by atoms with Crippen LogP contribution in [0.2, 0.25) is 0 Å². The van der Waals surface area contributed by atoms with Crippen molar-refractivity contribution in [3.05, 3.63) is 0 Å². The Morgan fingerprint density at radius 2 is 1.89 bits per heavy atom. The maximum Gasteiger partial charge on any atom is 0.0220 e. The van der Waals surface area contributed by atoms with E-state index in [-0.39, 0.29) is 0 Å². The summed E-state index contributed by atoms with van der Waals surface area (Å²) in [6.07, 6.45) is 9.64. The number of hydrogen-bond donors (Lipinski definition) is 1. The van der Waals surface area contributed by atoms with Crippen molar-refractivity contribution in [2.45, 2.75) is 77.8 Å². The highest BCUT2D eigenvalue weighted by atomic mass is 15.2. The Bertz CT molecular complexity index is 239. The van der Waals surface area contributed by atoms with Crippen molar-refractivity contribution in [2.75, 3.05) is 19.6 Å². The second kappa shape index (κ2) is 6.38. The molecule has 0 amide bonds. The molecule has 1 aliphatic heterocycles. The number of rotatable bonds is 7. The molecule has 0 bridgehead atoms. The maximum atomic E-state index is 3.73. The second-order valence-electron chi connectivity index (χ2n) is 6.83. The average molecular weight is 252 g/mol. The Labute approximate surface area is 114 Å². The molecule has 1 N–H and O–H groups in total. The number of likely N-dealkylation sites (tertiary alicyclic amines) is 1. The summed E-state index contributed by atoms with van der Waals surface area (Å²) >= 11 is 0. The fourth-order valence-electron chi connectivity index (χ4n) is 3.12. The monoisotopic (exact) mass is 252 g/mol. The second-order valence-corrected chi connectivity index (χ2v) is 6.83. The summed E-state index contributed by atoms with van der Waals surface area (Å²) in [5.74, 6) is 0. The largest absolute Gasteiger partial charge is 0.312 e. The number of hydrogen-bond acceptors (Lipinski definition) is 2. The quantitative estimate of drug-likeness (QED) is 0.747. The van der Waals surface area contributed by atoms with Crippen LogP contribution >= 0.6 is 0 Å². The zero-order valence-corrected chi connectivity index (χ0v) is 12.7. The highest BCUT2D eigenvalue weighted by Gasteiger charge is 2.31. The fraction of sp³-hybridized carbons (Fsp3) is 1.00. The molecular weight excluding hydrogens is 220 g/mol. The predicted molar refractivity (Wildman–Crippen MR) is 78.9 cm³/mol. The first kappa shape index (κ1) is 14.3. The highest BCUT2D eigenvalue weighted by Crippen LogP contribution is 2.34. The predicted octanol–water partition coefficient (Wildman–Crippen LogP) is 3.42. The van der Waals surface area contributed by atoms with E-state index in [1.54, 1.807) is 0 Å². The summed E-state index contributed by atoms with van der Waals surface area (Å²) in [7, 11) is 0. The molecule has 1 saturated carbocycles. The molecule has 0 radical (unpaired) electrons. The molecule has 1 aliphatic carbocycles. The van der Waals surface area contributed by atoms with E-state index >= 15 is 0 Å². The van der Waals surface area contributed by atoms with Crippen LogP contribution in [0.15, 0.2) is 0 Å². The lowest BCUT2D eigenvalue weighted by Gasteiger charge is -2.42. The first-order valence-electron chi connectivity index (χ1n) is 8.14. The molecule has 2 nitrogen and oxygen atoms in total. The number of nitrogens with one attached hydrogen (secondary N) is 1. The van der Waals surface area contributed by atoms with Gasteiger partial charge in [-0.25, -0.2) is 0 Å². The van der Waals surface area contributed by atoms with Crippen LogP contribution in [-0.2, 0) is 0 Å². The van der Waals surface area contributed by atoms with E-state index in [9.17, 15) is 0 Å². The van der Waals surface area contributed by atoms with Gasteiger partial charge in [0, 0.05) is 18.6 Å². The van der Waals surface area contributed by atoms with Gasteiger partial charge in [-0.1, -0.05) is 33.6 Å². The molecule has 0 aromatic rings. The third-order valence-electron chi connectivity index (χ3n) is 5.22. The number of nitrogens with zero attached hydrogens (tertiary/aromatic N) is 1. The first-order chi connectivity index (χ1) is 8.67. The molecule has 1 atom stereocenters. The van der Waals surface area contributed by atoms with Crippen molar-refractivity contribution in [2.24, 2.45) is 5.41 Å². The standard InChI is InChI=1S/C16H32N2/c1-4-6-15(13-17-14-7-8-14)18-11-9-16(3,5-2)10-12-18/h14-15,17H,4-13H2,1-3H3. The third kappa shape index (κ3) is 3.96. The highest BCUT2D eigenvalue weighted by molar-refractivity contribution is 4.88. The minimum Gasteiger partial charge on any atom is -0.312 e.